The third-order valence-corrected chi connectivity index (χ3v) is 3.06. The van der Waals surface area contributed by atoms with Gasteiger partial charge in [-0.05, 0) is 37.5 Å². The number of carbonyl (C=O) groups is 1. The Morgan fingerprint density at radius 2 is 2.16 bits per heavy atom. The van der Waals surface area contributed by atoms with E-state index in [0.29, 0.717) is 6.42 Å². The number of hydrogen-bond acceptors (Lipinski definition) is 3. The predicted octanol–water partition coefficient (Wildman–Crippen LogP) is 1.71. The summed E-state index contributed by atoms with van der Waals surface area (Å²) < 4.78 is 5.50. The second-order valence-corrected chi connectivity index (χ2v) is 4.42. The molecule has 0 bridgehead atoms. The molecule has 0 aliphatic rings. The van der Waals surface area contributed by atoms with Crippen LogP contribution in [-0.4, -0.2) is 30.5 Å². The molecule has 3 N–H and O–H groups in total. The van der Waals surface area contributed by atoms with E-state index in [1.807, 2.05) is 39.0 Å². The first-order valence-corrected chi connectivity index (χ1v) is 6.42. The summed E-state index contributed by atoms with van der Waals surface area (Å²) >= 11 is 0. The Hall–Kier alpha value is -1.75. The number of aryl methyl sites for hydroxylation is 1. The summed E-state index contributed by atoms with van der Waals surface area (Å²) in [7, 11) is 0. The molecule has 0 aliphatic carbocycles. The van der Waals surface area contributed by atoms with Crippen molar-refractivity contribution >= 4 is 6.03 Å². The highest BCUT2D eigenvalue weighted by Crippen LogP contribution is 2.19. The maximum Gasteiger partial charge on any atom is 0.317 e. The van der Waals surface area contributed by atoms with Crippen LogP contribution in [0.1, 0.15) is 24.5 Å². The summed E-state index contributed by atoms with van der Waals surface area (Å²) in [5, 5.41) is 14.2. The van der Waals surface area contributed by atoms with Crippen molar-refractivity contribution in [2.24, 2.45) is 0 Å². The zero-order valence-electron chi connectivity index (χ0n) is 11.7. The molecule has 106 valence electrons. The van der Waals surface area contributed by atoms with E-state index >= 15 is 0 Å². The highest BCUT2D eigenvalue weighted by Gasteiger charge is 2.08. The molecule has 0 spiro atoms. The van der Waals surface area contributed by atoms with Gasteiger partial charge in [0.25, 0.3) is 0 Å². The number of aliphatic hydroxyl groups excluding tert-OH is 1. The molecule has 1 rings (SSSR count). The zero-order chi connectivity index (χ0) is 14.3. The van der Waals surface area contributed by atoms with Crippen LogP contribution in [0.5, 0.6) is 5.75 Å². The topological polar surface area (TPSA) is 70.6 Å². The summed E-state index contributed by atoms with van der Waals surface area (Å²) in [6, 6.07) is 5.23. The van der Waals surface area contributed by atoms with Crippen LogP contribution < -0.4 is 15.4 Å². The van der Waals surface area contributed by atoms with Crippen LogP contribution in [0.4, 0.5) is 4.79 Å². The van der Waals surface area contributed by atoms with E-state index in [-0.39, 0.29) is 25.4 Å². The van der Waals surface area contributed by atoms with Crippen LogP contribution in [0.3, 0.4) is 0 Å². The molecular formula is C14H22N2O3. The minimum absolute atomic E-state index is 0.0677. The maximum atomic E-state index is 11.5. The number of ether oxygens (including phenoxy) is 1. The van der Waals surface area contributed by atoms with Crippen LogP contribution in [-0.2, 0) is 0 Å². The highest BCUT2D eigenvalue weighted by atomic mass is 16.5. The van der Waals surface area contributed by atoms with Gasteiger partial charge in [-0.2, -0.15) is 0 Å². The molecule has 0 aliphatic heterocycles. The molecule has 1 atom stereocenters. The van der Waals surface area contributed by atoms with Gasteiger partial charge in [-0.25, -0.2) is 4.79 Å². The summed E-state index contributed by atoms with van der Waals surface area (Å²) in [5.74, 6) is 0.759. The average molecular weight is 266 g/mol. The predicted molar refractivity (Wildman–Crippen MR) is 74.2 cm³/mol. The summed E-state index contributed by atoms with van der Waals surface area (Å²) in [6.07, 6.45) is 0.682. The number of benzene rings is 1. The number of urea groups is 1. The van der Waals surface area contributed by atoms with E-state index in [4.69, 9.17) is 9.84 Å². The molecular weight excluding hydrogens is 244 g/mol. The fourth-order valence-electron chi connectivity index (χ4n) is 1.57. The average Bonchev–Trinajstić information content (AvgIpc) is 2.41. The standard InChI is InChI=1S/C14H22N2O3/c1-4-12(8-17)16-14(18)15-9-19-13-7-5-6-10(2)11(13)3/h5-7,12,17H,4,8-9H2,1-3H3,(H2,15,16,18). The van der Waals surface area contributed by atoms with Gasteiger partial charge in [-0.3, -0.25) is 0 Å². The van der Waals surface area contributed by atoms with Gasteiger partial charge in [0.15, 0.2) is 6.73 Å². The van der Waals surface area contributed by atoms with Gasteiger partial charge in [0, 0.05) is 0 Å². The number of hydrogen-bond donors (Lipinski definition) is 3. The lowest BCUT2D eigenvalue weighted by Gasteiger charge is -2.15. The Bertz CT molecular complexity index is 417. The third-order valence-electron chi connectivity index (χ3n) is 3.06. The van der Waals surface area contributed by atoms with E-state index in [0.717, 1.165) is 16.9 Å². The van der Waals surface area contributed by atoms with E-state index in [2.05, 4.69) is 10.6 Å². The first-order valence-electron chi connectivity index (χ1n) is 6.42. The lowest BCUT2D eigenvalue weighted by molar-refractivity contribution is 0.204. The summed E-state index contributed by atoms with van der Waals surface area (Å²) in [6.45, 7) is 5.91. The van der Waals surface area contributed by atoms with Crippen molar-refractivity contribution in [2.75, 3.05) is 13.3 Å². The Balaban J connectivity index is 2.38. The lowest BCUT2D eigenvalue weighted by Crippen LogP contribution is -2.44. The van der Waals surface area contributed by atoms with Crippen molar-refractivity contribution in [3.05, 3.63) is 29.3 Å². The number of aliphatic hydroxyl groups is 1. The Labute approximate surface area is 114 Å². The first kappa shape index (κ1) is 15.3. The second-order valence-electron chi connectivity index (χ2n) is 4.42. The van der Waals surface area contributed by atoms with Crippen LogP contribution in [0.25, 0.3) is 0 Å². The molecule has 5 nitrogen and oxygen atoms in total. The van der Waals surface area contributed by atoms with Crippen molar-refractivity contribution in [3.8, 4) is 5.75 Å². The maximum absolute atomic E-state index is 11.5. The van der Waals surface area contributed by atoms with Crippen molar-refractivity contribution in [3.63, 3.8) is 0 Å². The number of rotatable bonds is 6. The van der Waals surface area contributed by atoms with E-state index in [9.17, 15) is 4.79 Å². The quantitative estimate of drug-likeness (QED) is 0.686. The Morgan fingerprint density at radius 1 is 1.42 bits per heavy atom. The molecule has 1 aromatic carbocycles. The number of amides is 2. The van der Waals surface area contributed by atoms with E-state index in [1.165, 1.54) is 0 Å². The van der Waals surface area contributed by atoms with E-state index < -0.39 is 0 Å². The molecule has 0 heterocycles. The molecule has 5 heteroatoms. The molecule has 0 saturated heterocycles. The van der Waals surface area contributed by atoms with Crippen molar-refractivity contribution < 1.29 is 14.6 Å². The van der Waals surface area contributed by atoms with Gasteiger partial charge in [0.05, 0.1) is 12.6 Å². The smallest absolute Gasteiger partial charge is 0.317 e. The minimum atomic E-state index is -0.341. The second kappa shape index (κ2) is 7.63. The monoisotopic (exact) mass is 266 g/mol. The van der Waals surface area contributed by atoms with Crippen molar-refractivity contribution in [2.45, 2.75) is 33.2 Å². The fraction of sp³-hybridized carbons (Fsp3) is 0.500. The van der Waals surface area contributed by atoms with Gasteiger partial charge >= 0.3 is 6.03 Å². The third kappa shape index (κ3) is 4.79. The molecule has 0 radical (unpaired) electrons. The molecule has 0 aromatic heterocycles. The minimum Gasteiger partial charge on any atom is -0.473 e. The van der Waals surface area contributed by atoms with Crippen LogP contribution in [0.2, 0.25) is 0 Å². The highest BCUT2D eigenvalue weighted by molar-refractivity contribution is 5.74. The normalized spacial score (nSPS) is 11.8. The van der Waals surface area contributed by atoms with Gasteiger partial charge in [0.2, 0.25) is 0 Å². The van der Waals surface area contributed by atoms with Gasteiger partial charge in [-0.1, -0.05) is 19.1 Å². The van der Waals surface area contributed by atoms with Crippen LogP contribution in [0, 0.1) is 13.8 Å². The molecule has 1 unspecified atom stereocenters. The van der Waals surface area contributed by atoms with Gasteiger partial charge < -0.3 is 20.5 Å². The van der Waals surface area contributed by atoms with Crippen molar-refractivity contribution in [1.29, 1.82) is 0 Å². The van der Waals surface area contributed by atoms with Gasteiger partial charge in [0.1, 0.15) is 5.75 Å². The molecule has 0 saturated carbocycles. The van der Waals surface area contributed by atoms with Crippen molar-refractivity contribution in [1.82, 2.24) is 10.6 Å². The first-order chi connectivity index (χ1) is 9.08. The number of nitrogens with one attached hydrogen (secondary N) is 2. The molecule has 0 fully saturated rings. The van der Waals surface area contributed by atoms with Crippen LogP contribution >= 0.6 is 0 Å². The largest absolute Gasteiger partial charge is 0.473 e. The number of carbonyl (C=O) groups excluding carboxylic acids is 1. The molecule has 2 amide bonds. The van der Waals surface area contributed by atoms with E-state index in [1.54, 1.807) is 0 Å². The van der Waals surface area contributed by atoms with Gasteiger partial charge in [-0.15, -0.1) is 0 Å². The van der Waals surface area contributed by atoms with Crippen LogP contribution in [0.15, 0.2) is 18.2 Å². The summed E-state index contributed by atoms with van der Waals surface area (Å²) in [4.78, 5) is 11.5. The Morgan fingerprint density at radius 3 is 2.79 bits per heavy atom. The molecule has 1 aromatic rings. The SMILES string of the molecule is CCC(CO)NC(=O)NCOc1cccc(C)c1C. The Kier molecular flexibility index (Phi) is 6.15. The lowest BCUT2D eigenvalue weighted by atomic mass is 10.1. The fourth-order valence-corrected chi connectivity index (χ4v) is 1.57. The molecule has 19 heavy (non-hydrogen) atoms. The zero-order valence-corrected chi connectivity index (χ0v) is 11.7. The summed E-state index contributed by atoms with van der Waals surface area (Å²) in [5.41, 5.74) is 2.21.